The third kappa shape index (κ3) is 1.95. The van der Waals surface area contributed by atoms with E-state index in [9.17, 15) is 0 Å². The lowest BCUT2D eigenvalue weighted by Crippen LogP contribution is -2.13. The molecule has 20 heavy (non-hydrogen) atoms. The molecule has 4 unspecified atom stereocenters. The second-order valence-corrected chi connectivity index (χ2v) is 6.16. The van der Waals surface area contributed by atoms with Gasteiger partial charge in [-0.3, -0.25) is 0 Å². The van der Waals surface area contributed by atoms with Crippen LogP contribution in [0.5, 0.6) is 0 Å². The number of hydrogen-bond acceptors (Lipinski definition) is 4. The van der Waals surface area contributed by atoms with Crippen molar-refractivity contribution in [1.29, 1.82) is 0 Å². The molecule has 2 aromatic rings. The molecule has 1 aromatic heterocycles. The number of rotatable bonds is 3. The van der Waals surface area contributed by atoms with E-state index in [1.165, 1.54) is 25.7 Å². The van der Waals surface area contributed by atoms with Gasteiger partial charge in [-0.15, -0.1) is 0 Å². The summed E-state index contributed by atoms with van der Waals surface area (Å²) in [6.45, 7) is 0. The maximum absolute atomic E-state index is 6.21. The Morgan fingerprint density at radius 1 is 1.15 bits per heavy atom. The van der Waals surface area contributed by atoms with Crippen LogP contribution in [0.25, 0.3) is 0 Å². The van der Waals surface area contributed by atoms with E-state index in [1.807, 2.05) is 30.3 Å². The number of benzene rings is 1. The predicted octanol–water partition coefficient (Wildman–Crippen LogP) is 3.02. The third-order valence-electron chi connectivity index (χ3n) is 4.95. The molecule has 4 heteroatoms. The Bertz CT molecular complexity index is 595. The van der Waals surface area contributed by atoms with Gasteiger partial charge in [0.1, 0.15) is 6.04 Å². The lowest BCUT2D eigenvalue weighted by molar-refractivity contribution is 0.345. The Morgan fingerprint density at radius 2 is 2.00 bits per heavy atom. The first kappa shape index (κ1) is 12.1. The highest BCUT2D eigenvalue weighted by Crippen LogP contribution is 2.52. The molecular formula is C16H19N3O. The summed E-state index contributed by atoms with van der Waals surface area (Å²) in [6.07, 6.45) is 5.28. The molecule has 2 aliphatic rings. The van der Waals surface area contributed by atoms with E-state index in [1.54, 1.807) is 0 Å². The van der Waals surface area contributed by atoms with Gasteiger partial charge in [0.05, 0.1) is 0 Å². The van der Waals surface area contributed by atoms with Gasteiger partial charge in [-0.2, -0.15) is 4.98 Å². The third-order valence-corrected chi connectivity index (χ3v) is 4.95. The highest BCUT2D eigenvalue weighted by Gasteiger charge is 2.42. The van der Waals surface area contributed by atoms with Crippen molar-refractivity contribution in [2.24, 2.45) is 17.6 Å². The molecule has 0 amide bonds. The summed E-state index contributed by atoms with van der Waals surface area (Å²) in [5.74, 6) is 3.55. The number of hydrogen-bond donors (Lipinski definition) is 1. The van der Waals surface area contributed by atoms with Gasteiger partial charge in [-0.25, -0.2) is 0 Å². The van der Waals surface area contributed by atoms with Crippen LogP contribution in [0.4, 0.5) is 0 Å². The van der Waals surface area contributed by atoms with Gasteiger partial charge in [-0.1, -0.05) is 41.9 Å². The summed E-state index contributed by atoms with van der Waals surface area (Å²) in [5, 5.41) is 4.20. The van der Waals surface area contributed by atoms with Crippen LogP contribution in [-0.2, 0) is 0 Å². The smallest absolute Gasteiger partial charge is 0.248 e. The molecule has 2 aliphatic carbocycles. The number of nitrogens with two attached hydrogens (primary N) is 1. The molecular weight excluding hydrogens is 250 g/mol. The molecule has 4 nitrogen and oxygen atoms in total. The zero-order valence-electron chi connectivity index (χ0n) is 11.4. The summed E-state index contributed by atoms with van der Waals surface area (Å²) >= 11 is 0. The van der Waals surface area contributed by atoms with Crippen LogP contribution in [0.3, 0.4) is 0 Å². The van der Waals surface area contributed by atoms with Gasteiger partial charge in [0.15, 0.2) is 5.82 Å². The zero-order chi connectivity index (χ0) is 13.5. The topological polar surface area (TPSA) is 64.9 Å². The van der Waals surface area contributed by atoms with Gasteiger partial charge < -0.3 is 10.3 Å². The molecule has 2 N–H and O–H groups in total. The Labute approximate surface area is 118 Å². The molecule has 1 heterocycles. The van der Waals surface area contributed by atoms with E-state index in [0.29, 0.717) is 11.8 Å². The highest BCUT2D eigenvalue weighted by molar-refractivity contribution is 5.23. The minimum absolute atomic E-state index is 0.323. The lowest BCUT2D eigenvalue weighted by Gasteiger charge is -2.17. The van der Waals surface area contributed by atoms with Crippen molar-refractivity contribution in [2.75, 3.05) is 0 Å². The van der Waals surface area contributed by atoms with Crippen LogP contribution in [-0.4, -0.2) is 10.1 Å². The minimum Gasteiger partial charge on any atom is -0.337 e. The number of nitrogens with zero attached hydrogens (tertiary/aromatic N) is 2. The molecule has 0 radical (unpaired) electrons. The summed E-state index contributed by atoms with van der Waals surface area (Å²) in [7, 11) is 0. The van der Waals surface area contributed by atoms with E-state index in [-0.39, 0.29) is 6.04 Å². The lowest BCUT2D eigenvalue weighted by atomic mass is 9.88. The Balaban J connectivity index is 1.56. The largest absolute Gasteiger partial charge is 0.337 e. The van der Waals surface area contributed by atoms with Gasteiger partial charge in [0.2, 0.25) is 5.89 Å². The first-order valence-electron chi connectivity index (χ1n) is 7.45. The minimum atomic E-state index is -0.323. The van der Waals surface area contributed by atoms with Crippen LogP contribution in [0.1, 0.15) is 54.9 Å². The second kappa shape index (κ2) is 4.70. The van der Waals surface area contributed by atoms with Gasteiger partial charge in [0, 0.05) is 5.92 Å². The van der Waals surface area contributed by atoms with E-state index < -0.39 is 0 Å². The molecule has 0 aliphatic heterocycles. The summed E-state index contributed by atoms with van der Waals surface area (Å²) in [6, 6.07) is 9.59. The maximum Gasteiger partial charge on any atom is 0.248 e. The first-order chi connectivity index (χ1) is 9.81. The fourth-order valence-electron chi connectivity index (χ4n) is 3.89. The maximum atomic E-state index is 6.21. The fourth-order valence-corrected chi connectivity index (χ4v) is 3.89. The van der Waals surface area contributed by atoms with Gasteiger partial charge >= 0.3 is 0 Å². The van der Waals surface area contributed by atoms with Crippen molar-refractivity contribution < 1.29 is 4.52 Å². The molecule has 4 atom stereocenters. The van der Waals surface area contributed by atoms with Crippen LogP contribution in [0.2, 0.25) is 0 Å². The molecule has 2 bridgehead atoms. The van der Waals surface area contributed by atoms with Gasteiger partial charge in [-0.05, 0) is 36.7 Å². The molecule has 4 rings (SSSR count). The summed E-state index contributed by atoms with van der Waals surface area (Å²) < 4.78 is 5.41. The quantitative estimate of drug-likeness (QED) is 0.930. The number of fused-ring (bicyclic) bond motifs is 2. The molecule has 104 valence electrons. The van der Waals surface area contributed by atoms with Crippen molar-refractivity contribution in [3.8, 4) is 0 Å². The van der Waals surface area contributed by atoms with Crippen LogP contribution >= 0.6 is 0 Å². The van der Waals surface area contributed by atoms with Crippen molar-refractivity contribution in [3.05, 3.63) is 47.6 Å². The molecule has 1 aromatic carbocycles. The average Bonchev–Trinajstić information content (AvgIpc) is 3.23. The zero-order valence-corrected chi connectivity index (χ0v) is 11.4. The van der Waals surface area contributed by atoms with Crippen molar-refractivity contribution >= 4 is 0 Å². The van der Waals surface area contributed by atoms with Crippen LogP contribution in [0.15, 0.2) is 34.9 Å². The Hall–Kier alpha value is -1.68. The van der Waals surface area contributed by atoms with Crippen LogP contribution < -0.4 is 5.73 Å². The SMILES string of the molecule is NC(c1ccccc1)c1nc(C2CC3CCC2C3)no1. The van der Waals surface area contributed by atoms with E-state index >= 15 is 0 Å². The van der Waals surface area contributed by atoms with E-state index in [0.717, 1.165) is 23.2 Å². The highest BCUT2D eigenvalue weighted by atomic mass is 16.5. The predicted molar refractivity (Wildman–Crippen MR) is 75.0 cm³/mol. The van der Waals surface area contributed by atoms with Crippen molar-refractivity contribution in [3.63, 3.8) is 0 Å². The monoisotopic (exact) mass is 269 g/mol. The molecule has 2 fully saturated rings. The number of aromatic nitrogens is 2. The van der Waals surface area contributed by atoms with E-state index in [2.05, 4.69) is 10.1 Å². The standard InChI is InChI=1S/C16H19N3O/c17-14(11-4-2-1-3-5-11)16-18-15(19-20-16)13-9-10-6-7-12(13)8-10/h1-5,10,12-14H,6-9,17H2. The fraction of sp³-hybridized carbons (Fsp3) is 0.500. The van der Waals surface area contributed by atoms with Crippen LogP contribution in [0, 0.1) is 11.8 Å². The van der Waals surface area contributed by atoms with E-state index in [4.69, 9.17) is 10.3 Å². The first-order valence-corrected chi connectivity index (χ1v) is 7.45. The average molecular weight is 269 g/mol. The molecule has 0 saturated heterocycles. The Kier molecular flexibility index (Phi) is 2.84. The van der Waals surface area contributed by atoms with Gasteiger partial charge in [0.25, 0.3) is 0 Å². The van der Waals surface area contributed by atoms with Crippen molar-refractivity contribution in [2.45, 2.75) is 37.6 Å². The summed E-state index contributed by atoms with van der Waals surface area (Å²) in [5.41, 5.74) is 7.22. The molecule has 0 spiro atoms. The second-order valence-electron chi connectivity index (χ2n) is 6.16. The molecule has 2 saturated carbocycles. The normalized spacial score (nSPS) is 29.8. The Morgan fingerprint density at radius 3 is 2.70 bits per heavy atom. The van der Waals surface area contributed by atoms with Crippen molar-refractivity contribution in [1.82, 2.24) is 10.1 Å². The summed E-state index contributed by atoms with van der Waals surface area (Å²) in [4.78, 5) is 4.58.